The van der Waals surface area contributed by atoms with Crippen LogP contribution in [-0.2, 0) is 0 Å². The number of halogens is 1. The van der Waals surface area contributed by atoms with Gasteiger partial charge in [0.15, 0.2) is 5.82 Å². The van der Waals surface area contributed by atoms with E-state index < -0.39 is 0 Å². The van der Waals surface area contributed by atoms with Gasteiger partial charge in [-0.15, -0.1) is 11.6 Å². The fraction of sp³-hybridized carbons (Fsp3) is 0.333. The van der Waals surface area contributed by atoms with E-state index >= 15 is 0 Å². The first kappa shape index (κ1) is 8.18. The van der Waals surface area contributed by atoms with Crippen molar-refractivity contribution in [2.45, 2.75) is 12.3 Å². The van der Waals surface area contributed by atoms with Gasteiger partial charge in [-0.1, -0.05) is 5.16 Å². The molecule has 0 saturated heterocycles. The van der Waals surface area contributed by atoms with Crippen LogP contribution < -0.4 is 0 Å². The Morgan fingerprint density at radius 3 is 3.00 bits per heavy atom. The molecule has 0 amide bonds. The van der Waals surface area contributed by atoms with Crippen LogP contribution in [0.15, 0.2) is 10.9 Å². The third kappa shape index (κ3) is 1.52. The molecule has 2 aromatic rings. The fourth-order valence-corrected chi connectivity index (χ4v) is 0.895. The molecule has 13 heavy (non-hydrogen) atoms. The zero-order chi connectivity index (χ0) is 9.26. The van der Waals surface area contributed by atoms with E-state index in [0.717, 1.165) is 0 Å². The SMILES string of the molecule is CC(Cl)c1nc(-c2ncn[nH]2)no1. The highest BCUT2D eigenvalue weighted by atomic mass is 35.5. The molecular formula is C6H6ClN5O. The number of nitrogens with zero attached hydrogens (tertiary/aromatic N) is 4. The molecule has 0 fully saturated rings. The molecule has 0 bridgehead atoms. The molecule has 1 atom stereocenters. The summed E-state index contributed by atoms with van der Waals surface area (Å²) in [6.45, 7) is 1.75. The highest BCUT2D eigenvalue weighted by Gasteiger charge is 2.13. The number of H-pyrrole nitrogens is 1. The predicted octanol–water partition coefficient (Wildman–Crippen LogP) is 1.15. The average molecular weight is 200 g/mol. The molecule has 0 saturated carbocycles. The van der Waals surface area contributed by atoms with Crippen LogP contribution in [0.25, 0.3) is 11.6 Å². The zero-order valence-corrected chi connectivity index (χ0v) is 7.49. The molecule has 0 aliphatic carbocycles. The molecule has 7 heteroatoms. The number of rotatable bonds is 2. The summed E-state index contributed by atoms with van der Waals surface area (Å²) in [5, 5.41) is 9.65. The highest BCUT2D eigenvalue weighted by molar-refractivity contribution is 6.20. The number of nitrogens with one attached hydrogen (secondary N) is 1. The Kier molecular flexibility index (Phi) is 1.97. The molecule has 0 aliphatic rings. The van der Waals surface area contributed by atoms with Gasteiger partial charge in [0.25, 0.3) is 0 Å². The molecule has 0 aliphatic heterocycles. The summed E-state index contributed by atoms with van der Waals surface area (Å²) >= 11 is 5.74. The summed E-state index contributed by atoms with van der Waals surface area (Å²) in [7, 11) is 0. The first-order chi connectivity index (χ1) is 6.27. The number of hydrogen-bond donors (Lipinski definition) is 1. The largest absolute Gasteiger partial charge is 0.337 e. The van der Waals surface area contributed by atoms with Gasteiger partial charge >= 0.3 is 0 Å². The van der Waals surface area contributed by atoms with Gasteiger partial charge in [-0.2, -0.15) is 10.1 Å². The lowest BCUT2D eigenvalue weighted by Crippen LogP contribution is -1.86. The molecule has 2 aromatic heterocycles. The van der Waals surface area contributed by atoms with Crippen LogP contribution in [0.4, 0.5) is 0 Å². The normalized spacial score (nSPS) is 13.1. The van der Waals surface area contributed by atoms with E-state index in [9.17, 15) is 0 Å². The second-order valence-electron chi connectivity index (χ2n) is 2.41. The van der Waals surface area contributed by atoms with Gasteiger partial charge in [-0.25, -0.2) is 4.98 Å². The van der Waals surface area contributed by atoms with Crippen molar-refractivity contribution in [1.29, 1.82) is 0 Å². The average Bonchev–Trinajstić information content (AvgIpc) is 2.75. The van der Waals surface area contributed by atoms with E-state index in [4.69, 9.17) is 16.1 Å². The van der Waals surface area contributed by atoms with Crippen LogP contribution in [0, 0.1) is 0 Å². The molecule has 1 unspecified atom stereocenters. The summed E-state index contributed by atoms with van der Waals surface area (Å²) in [4.78, 5) is 7.87. The molecule has 2 heterocycles. The molecule has 0 spiro atoms. The van der Waals surface area contributed by atoms with Gasteiger partial charge in [0, 0.05) is 0 Å². The van der Waals surface area contributed by atoms with Crippen LogP contribution in [0.2, 0.25) is 0 Å². The maximum atomic E-state index is 5.74. The van der Waals surface area contributed by atoms with Crippen molar-refractivity contribution in [3.8, 4) is 11.6 Å². The maximum absolute atomic E-state index is 5.74. The second kappa shape index (κ2) is 3.14. The minimum absolute atomic E-state index is 0.302. The number of aromatic nitrogens is 5. The van der Waals surface area contributed by atoms with E-state index in [-0.39, 0.29) is 5.38 Å². The Morgan fingerprint density at radius 1 is 1.62 bits per heavy atom. The Labute approximate surface area is 78.3 Å². The van der Waals surface area contributed by atoms with Crippen molar-refractivity contribution in [2.24, 2.45) is 0 Å². The number of aromatic amines is 1. The molecule has 2 rings (SSSR count). The highest BCUT2D eigenvalue weighted by Crippen LogP contribution is 2.19. The Morgan fingerprint density at radius 2 is 2.46 bits per heavy atom. The topological polar surface area (TPSA) is 80.5 Å². The fourth-order valence-electron chi connectivity index (χ4n) is 0.806. The molecule has 1 N–H and O–H groups in total. The van der Waals surface area contributed by atoms with Crippen molar-refractivity contribution < 1.29 is 4.52 Å². The van der Waals surface area contributed by atoms with Crippen LogP contribution in [0.1, 0.15) is 18.2 Å². The summed E-state index contributed by atoms with van der Waals surface area (Å²) in [5.41, 5.74) is 0. The lowest BCUT2D eigenvalue weighted by Gasteiger charge is -1.89. The lowest BCUT2D eigenvalue weighted by molar-refractivity contribution is 0.379. The molecular weight excluding hydrogens is 194 g/mol. The Balaban J connectivity index is 2.33. The van der Waals surface area contributed by atoms with Gasteiger partial charge in [0.2, 0.25) is 11.7 Å². The lowest BCUT2D eigenvalue weighted by atomic mass is 10.5. The summed E-state index contributed by atoms with van der Waals surface area (Å²) in [6.07, 6.45) is 1.37. The minimum Gasteiger partial charge on any atom is -0.337 e. The van der Waals surface area contributed by atoms with Crippen molar-refractivity contribution in [3.63, 3.8) is 0 Å². The van der Waals surface area contributed by atoms with Crippen molar-refractivity contribution in [3.05, 3.63) is 12.2 Å². The minimum atomic E-state index is -0.302. The third-order valence-electron chi connectivity index (χ3n) is 1.41. The number of hydrogen-bond acceptors (Lipinski definition) is 5. The Hall–Kier alpha value is -1.43. The first-order valence-electron chi connectivity index (χ1n) is 3.61. The van der Waals surface area contributed by atoms with Gasteiger partial charge < -0.3 is 4.52 Å². The smallest absolute Gasteiger partial charge is 0.244 e. The maximum Gasteiger partial charge on any atom is 0.244 e. The second-order valence-corrected chi connectivity index (χ2v) is 3.06. The summed E-state index contributed by atoms with van der Waals surface area (Å²) in [5.74, 6) is 1.19. The van der Waals surface area contributed by atoms with Crippen molar-refractivity contribution >= 4 is 11.6 Å². The van der Waals surface area contributed by atoms with Gasteiger partial charge in [-0.3, -0.25) is 5.10 Å². The summed E-state index contributed by atoms with van der Waals surface area (Å²) < 4.78 is 4.87. The monoisotopic (exact) mass is 199 g/mol. The standard InChI is InChI=1S/C6H6ClN5O/c1-3(7)6-10-5(12-13-6)4-8-2-9-11-4/h2-3H,1H3,(H,8,9,11). The number of alkyl halides is 1. The Bertz CT molecular complexity index is 381. The van der Waals surface area contributed by atoms with E-state index in [1.165, 1.54) is 6.33 Å². The van der Waals surface area contributed by atoms with Crippen LogP contribution in [-0.4, -0.2) is 25.3 Å². The van der Waals surface area contributed by atoms with E-state index in [2.05, 4.69) is 25.3 Å². The van der Waals surface area contributed by atoms with E-state index in [1.54, 1.807) is 6.92 Å². The van der Waals surface area contributed by atoms with Crippen molar-refractivity contribution in [2.75, 3.05) is 0 Å². The van der Waals surface area contributed by atoms with Crippen LogP contribution in [0.3, 0.4) is 0 Å². The van der Waals surface area contributed by atoms with Gasteiger partial charge in [-0.05, 0) is 6.92 Å². The van der Waals surface area contributed by atoms with E-state index in [0.29, 0.717) is 17.5 Å². The quantitative estimate of drug-likeness (QED) is 0.734. The molecule has 68 valence electrons. The predicted molar refractivity (Wildman–Crippen MR) is 43.9 cm³/mol. The van der Waals surface area contributed by atoms with E-state index in [1.807, 2.05) is 0 Å². The van der Waals surface area contributed by atoms with Crippen LogP contribution >= 0.6 is 11.6 Å². The molecule has 6 nitrogen and oxygen atoms in total. The molecule has 0 radical (unpaired) electrons. The first-order valence-corrected chi connectivity index (χ1v) is 4.04. The van der Waals surface area contributed by atoms with Crippen molar-refractivity contribution in [1.82, 2.24) is 25.3 Å². The molecule has 0 aromatic carbocycles. The van der Waals surface area contributed by atoms with Gasteiger partial charge in [0.05, 0.1) is 0 Å². The summed E-state index contributed by atoms with van der Waals surface area (Å²) in [6, 6.07) is 0. The van der Waals surface area contributed by atoms with Gasteiger partial charge in [0.1, 0.15) is 11.7 Å². The third-order valence-corrected chi connectivity index (χ3v) is 1.60. The van der Waals surface area contributed by atoms with Crippen LogP contribution in [0.5, 0.6) is 0 Å². The zero-order valence-electron chi connectivity index (χ0n) is 6.73.